The van der Waals surface area contributed by atoms with Crippen molar-refractivity contribution in [2.45, 2.75) is 19.6 Å². The molecule has 0 spiro atoms. The summed E-state index contributed by atoms with van der Waals surface area (Å²) in [5, 5.41) is 22.2. The van der Waals surface area contributed by atoms with Gasteiger partial charge in [0.15, 0.2) is 0 Å². The van der Waals surface area contributed by atoms with E-state index in [0.717, 1.165) is 41.5 Å². The number of fused-ring (bicyclic) bond motifs is 2. The number of benzene rings is 5. The highest BCUT2D eigenvalue weighted by molar-refractivity contribution is 7.99. The molecule has 0 saturated carbocycles. The molecule has 48 heavy (non-hydrogen) atoms. The molecular weight excluding hydrogens is 657 g/mol. The third kappa shape index (κ3) is 5.38. The van der Waals surface area contributed by atoms with Crippen molar-refractivity contribution in [2.24, 2.45) is 0 Å². The van der Waals surface area contributed by atoms with Crippen LogP contribution in [0, 0.1) is 20.2 Å². The lowest BCUT2D eigenvalue weighted by molar-refractivity contribution is -0.385. The largest absolute Gasteiger partial charge is 0.270 e. The van der Waals surface area contributed by atoms with E-state index in [9.17, 15) is 39.4 Å². The van der Waals surface area contributed by atoms with E-state index < -0.39 is 33.5 Å². The Hall–Kier alpha value is -6.12. The predicted molar refractivity (Wildman–Crippen MR) is 176 cm³/mol. The fourth-order valence-corrected chi connectivity index (χ4v) is 6.96. The van der Waals surface area contributed by atoms with E-state index >= 15 is 0 Å². The van der Waals surface area contributed by atoms with E-state index in [1.165, 1.54) is 47.8 Å². The zero-order chi connectivity index (χ0) is 33.7. The Morgan fingerprint density at radius 3 is 1.02 bits per heavy atom. The van der Waals surface area contributed by atoms with Gasteiger partial charge in [0, 0.05) is 43.8 Å². The summed E-state index contributed by atoms with van der Waals surface area (Å²) >= 11 is 2.96. The van der Waals surface area contributed by atoms with Crippen molar-refractivity contribution in [3.8, 4) is 0 Å². The van der Waals surface area contributed by atoms with Crippen LogP contribution in [0.1, 0.15) is 41.4 Å². The summed E-state index contributed by atoms with van der Waals surface area (Å²) in [6, 6.07) is 28.8. The van der Waals surface area contributed by atoms with Crippen LogP contribution in [-0.2, 0) is 0 Å². The Balaban J connectivity index is 0.985. The Morgan fingerprint density at radius 2 is 0.708 bits per heavy atom. The summed E-state index contributed by atoms with van der Waals surface area (Å²) in [4.78, 5) is 78.2. The molecule has 14 heteroatoms. The highest BCUT2D eigenvalue weighted by Gasteiger charge is 2.39. The molecule has 0 radical (unpaired) electrons. The molecule has 5 aromatic carbocycles. The Morgan fingerprint density at radius 1 is 0.417 bits per heavy atom. The second-order valence-corrected chi connectivity index (χ2v) is 12.8. The zero-order valence-electron chi connectivity index (χ0n) is 24.3. The number of carbonyl (C=O) groups excluding carboxylic acids is 4. The lowest BCUT2D eigenvalue weighted by atomic mass is 10.1. The van der Waals surface area contributed by atoms with Gasteiger partial charge in [-0.15, -0.1) is 0 Å². The van der Waals surface area contributed by atoms with Gasteiger partial charge in [-0.1, -0.05) is 23.5 Å². The number of hydrogen-bond donors (Lipinski definition) is 0. The number of amides is 4. The van der Waals surface area contributed by atoms with E-state index in [2.05, 4.69) is 0 Å². The van der Waals surface area contributed by atoms with Gasteiger partial charge in [-0.2, -0.15) is 0 Å². The minimum Gasteiger partial charge on any atom is -0.268 e. The van der Waals surface area contributed by atoms with E-state index in [1.54, 1.807) is 48.5 Å². The summed E-state index contributed by atoms with van der Waals surface area (Å²) < 4.78 is 0. The fraction of sp³-hybridized carbons (Fsp3) is 0. The maximum Gasteiger partial charge on any atom is 0.270 e. The third-order valence-electron chi connectivity index (χ3n) is 7.65. The van der Waals surface area contributed by atoms with E-state index in [-0.39, 0.29) is 33.6 Å². The van der Waals surface area contributed by atoms with Gasteiger partial charge in [-0.25, -0.2) is 9.80 Å². The van der Waals surface area contributed by atoms with E-state index in [1.807, 2.05) is 24.3 Å². The molecule has 5 aromatic rings. The maximum absolute atomic E-state index is 12.9. The lowest BCUT2D eigenvalue weighted by Crippen LogP contribution is -2.29. The van der Waals surface area contributed by atoms with Crippen molar-refractivity contribution in [3.63, 3.8) is 0 Å². The van der Waals surface area contributed by atoms with Gasteiger partial charge in [0.25, 0.3) is 35.0 Å². The highest BCUT2D eigenvalue weighted by Crippen LogP contribution is 2.37. The number of anilines is 2. The van der Waals surface area contributed by atoms with Crippen molar-refractivity contribution in [1.29, 1.82) is 0 Å². The van der Waals surface area contributed by atoms with Crippen molar-refractivity contribution in [1.82, 2.24) is 0 Å². The van der Waals surface area contributed by atoms with Crippen LogP contribution in [0.3, 0.4) is 0 Å². The predicted octanol–water partition coefficient (Wildman–Crippen LogP) is 7.41. The number of nitro groups is 2. The average Bonchev–Trinajstić information content (AvgIpc) is 3.49. The van der Waals surface area contributed by atoms with Crippen LogP contribution in [0.2, 0.25) is 0 Å². The molecule has 0 N–H and O–H groups in total. The number of imide groups is 2. The van der Waals surface area contributed by atoms with Gasteiger partial charge in [-0.3, -0.25) is 39.4 Å². The van der Waals surface area contributed by atoms with Crippen molar-refractivity contribution >= 4 is 69.9 Å². The molecule has 4 amide bonds. The van der Waals surface area contributed by atoms with Crippen molar-refractivity contribution in [2.75, 3.05) is 9.80 Å². The summed E-state index contributed by atoms with van der Waals surface area (Å²) in [5.74, 6) is -2.30. The quantitative estimate of drug-likeness (QED) is 0.0921. The summed E-state index contributed by atoms with van der Waals surface area (Å²) in [6.07, 6.45) is 0. The standard InChI is InChI=1S/C34H18N4O8S2/c39-31-27-15-5-21(37(43)44)17-29(27)33(41)35(31)19-1-7-23(8-2-19)47-25-11-13-26(14-12-25)48-24-9-3-20(4-10-24)36-32(40)28-16-6-22(38(45)46)18-30(28)34(36)42/h1-18H. The highest BCUT2D eigenvalue weighted by atomic mass is 32.2. The Labute approximate surface area is 279 Å². The zero-order valence-corrected chi connectivity index (χ0v) is 25.9. The third-order valence-corrected chi connectivity index (χ3v) is 9.68. The first kappa shape index (κ1) is 30.5. The number of rotatable bonds is 8. The maximum atomic E-state index is 12.9. The normalized spacial score (nSPS) is 13.6. The van der Waals surface area contributed by atoms with Crippen molar-refractivity contribution in [3.05, 3.63) is 152 Å². The molecule has 0 fully saturated rings. The molecule has 7 rings (SSSR count). The van der Waals surface area contributed by atoms with Gasteiger partial charge < -0.3 is 0 Å². The van der Waals surface area contributed by atoms with Crippen LogP contribution in [0.5, 0.6) is 0 Å². The van der Waals surface area contributed by atoms with Crippen LogP contribution in [0.15, 0.2) is 129 Å². The van der Waals surface area contributed by atoms with Gasteiger partial charge >= 0.3 is 0 Å². The average molecular weight is 675 g/mol. The van der Waals surface area contributed by atoms with E-state index in [0.29, 0.717) is 11.4 Å². The first-order chi connectivity index (χ1) is 23.1. The molecular formula is C34H18N4O8S2. The van der Waals surface area contributed by atoms with E-state index in [4.69, 9.17) is 0 Å². The number of nitro benzene ring substituents is 2. The van der Waals surface area contributed by atoms with Crippen LogP contribution < -0.4 is 9.80 Å². The van der Waals surface area contributed by atoms with Crippen molar-refractivity contribution < 1.29 is 29.0 Å². The first-order valence-corrected chi connectivity index (χ1v) is 15.7. The lowest BCUT2D eigenvalue weighted by Gasteiger charge is -2.14. The fourth-order valence-electron chi connectivity index (χ4n) is 5.33. The monoisotopic (exact) mass is 674 g/mol. The molecule has 2 aliphatic heterocycles. The van der Waals surface area contributed by atoms with Crippen LogP contribution in [0.25, 0.3) is 0 Å². The number of non-ortho nitro benzene ring substituents is 2. The molecule has 0 aromatic heterocycles. The Kier molecular flexibility index (Phi) is 7.58. The Bertz CT molecular complexity index is 2060. The molecule has 0 aliphatic carbocycles. The number of nitrogens with zero attached hydrogens (tertiary/aromatic N) is 4. The number of hydrogen-bond acceptors (Lipinski definition) is 10. The molecule has 0 unspecified atom stereocenters. The molecule has 234 valence electrons. The second kappa shape index (κ2) is 11.9. The summed E-state index contributed by atoms with van der Waals surface area (Å²) in [5.41, 5.74) is 0.438. The molecule has 2 heterocycles. The summed E-state index contributed by atoms with van der Waals surface area (Å²) in [7, 11) is 0. The molecule has 2 aliphatic rings. The van der Waals surface area contributed by atoms with Gasteiger partial charge in [0.2, 0.25) is 0 Å². The SMILES string of the molecule is O=C1c2ccc([N+](=O)[O-])cc2C(=O)N1c1ccc(Sc2ccc(Sc3ccc(N4C(=O)c5ccc([N+](=O)[O-])cc5C4=O)cc3)cc2)cc1. The van der Waals surface area contributed by atoms with Crippen LogP contribution in [0.4, 0.5) is 22.7 Å². The minimum atomic E-state index is -0.612. The second-order valence-electron chi connectivity index (χ2n) is 10.5. The molecule has 0 saturated heterocycles. The molecule has 0 atom stereocenters. The first-order valence-electron chi connectivity index (χ1n) is 14.1. The molecule has 0 bridgehead atoms. The van der Waals surface area contributed by atoms with Gasteiger partial charge in [-0.05, 0) is 84.9 Å². The van der Waals surface area contributed by atoms with Crippen LogP contribution in [-0.4, -0.2) is 33.5 Å². The van der Waals surface area contributed by atoms with Crippen LogP contribution >= 0.6 is 23.5 Å². The topological polar surface area (TPSA) is 161 Å². The smallest absolute Gasteiger partial charge is 0.268 e. The minimum absolute atomic E-state index is 0.000564. The summed E-state index contributed by atoms with van der Waals surface area (Å²) in [6.45, 7) is 0. The van der Waals surface area contributed by atoms with Gasteiger partial charge in [0.05, 0.1) is 43.5 Å². The molecule has 12 nitrogen and oxygen atoms in total. The number of carbonyl (C=O) groups is 4. The van der Waals surface area contributed by atoms with Gasteiger partial charge in [0.1, 0.15) is 0 Å².